The second kappa shape index (κ2) is 3.58. The van der Waals surface area contributed by atoms with Gasteiger partial charge in [0.1, 0.15) is 0 Å². The molecule has 0 radical (unpaired) electrons. The second-order valence-corrected chi connectivity index (χ2v) is 7.14. The minimum absolute atomic E-state index is 0.192. The molecule has 0 aromatic heterocycles. The Morgan fingerprint density at radius 2 is 1.71 bits per heavy atom. The highest BCUT2D eigenvalue weighted by atomic mass is 14.7. The highest BCUT2D eigenvalue weighted by Crippen LogP contribution is 2.64. The van der Waals surface area contributed by atoms with E-state index in [1.165, 1.54) is 17.5 Å². The van der Waals surface area contributed by atoms with Gasteiger partial charge in [-0.05, 0) is 28.4 Å². The zero-order valence-corrected chi connectivity index (χ0v) is 11.8. The lowest BCUT2D eigenvalue weighted by Gasteiger charge is -2.29. The van der Waals surface area contributed by atoms with Crippen LogP contribution in [0.3, 0.4) is 0 Å². The van der Waals surface area contributed by atoms with E-state index in [9.17, 15) is 0 Å². The Labute approximate surface area is 105 Å². The van der Waals surface area contributed by atoms with Crippen LogP contribution in [0, 0.1) is 5.41 Å². The molecule has 0 amide bonds. The van der Waals surface area contributed by atoms with Crippen molar-refractivity contribution in [3.8, 4) is 0 Å². The van der Waals surface area contributed by atoms with Crippen LogP contribution in [0.1, 0.15) is 52.2 Å². The maximum Gasteiger partial charge on any atom is 0.0135 e. The van der Waals surface area contributed by atoms with Gasteiger partial charge in [0, 0.05) is 12.0 Å². The van der Waals surface area contributed by atoms with Gasteiger partial charge in [0.25, 0.3) is 0 Å². The molecular weight excluding hydrogens is 206 g/mol. The van der Waals surface area contributed by atoms with Crippen molar-refractivity contribution in [3.63, 3.8) is 0 Å². The summed E-state index contributed by atoms with van der Waals surface area (Å²) in [5, 5.41) is 0. The third-order valence-electron chi connectivity index (χ3n) is 4.51. The molecule has 1 aliphatic carbocycles. The highest BCUT2D eigenvalue weighted by molar-refractivity contribution is 5.45. The summed E-state index contributed by atoms with van der Waals surface area (Å²) in [6.07, 6.45) is 1.21. The fourth-order valence-electron chi connectivity index (χ4n) is 3.18. The summed E-state index contributed by atoms with van der Waals surface area (Å²) in [7, 11) is 0. The van der Waals surface area contributed by atoms with E-state index >= 15 is 0 Å². The molecule has 1 aromatic carbocycles. The highest BCUT2D eigenvalue weighted by Gasteiger charge is 2.61. The average molecular weight is 231 g/mol. The van der Waals surface area contributed by atoms with Crippen LogP contribution in [0.15, 0.2) is 24.3 Å². The van der Waals surface area contributed by atoms with Crippen molar-refractivity contribution < 1.29 is 0 Å². The van der Waals surface area contributed by atoms with E-state index in [4.69, 9.17) is 5.73 Å². The second-order valence-electron chi connectivity index (χ2n) is 7.14. The van der Waals surface area contributed by atoms with Gasteiger partial charge in [-0.25, -0.2) is 0 Å². The predicted octanol–water partition coefficient (Wildman–Crippen LogP) is 3.61. The van der Waals surface area contributed by atoms with Gasteiger partial charge in [-0.2, -0.15) is 0 Å². The molecule has 17 heavy (non-hydrogen) atoms. The van der Waals surface area contributed by atoms with E-state index in [1.54, 1.807) is 0 Å². The fourth-order valence-corrected chi connectivity index (χ4v) is 3.18. The van der Waals surface area contributed by atoms with Crippen molar-refractivity contribution in [2.75, 3.05) is 6.54 Å². The summed E-state index contributed by atoms with van der Waals surface area (Å²) in [4.78, 5) is 0. The zero-order chi connectivity index (χ0) is 12.9. The Kier molecular flexibility index (Phi) is 2.66. The van der Waals surface area contributed by atoms with Gasteiger partial charge in [0.15, 0.2) is 0 Å². The van der Waals surface area contributed by atoms with Crippen molar-refractivity contribution in [3.05, 3.63) is 35.4 Å². The summed E-state index contributed by atoms with van der Waals surface area (Å²) in [5.41, 5.74) is 9.76. The van der Waals surface area contributed by atoms with E-state index in [1.807, 2.05) is 0 Å². The first-order chi connectivity index (χ1) is 7.74. The van der Waals surface area contributed by atoms with E-state index in [0.717, 1.165) is 6.54 Å². The SMILES string of the molecule is CC(C)(C)c1ccccc1C1(CN)CC1(C)C. The van der Waals surface area contributed by atoms with E-state index < -0.39 is 0 Å². The molecule has 1 heteroatoms. The average Bonchev–Trinajstić information content (AvgIpc) is 2.81. The Hall–Kier alpha value is -0.820. The molecule has 1 aromatic rings. The molecule has 94 valence electrons. The number of hydrogen-bond acceptors (Lipinski definition) is 1. The minimum atomic E-state index is 0.192. The molecule has 1 aliphatic rings. The van der Waals surface area contributed by atoms with Crippen LogP contribution in [0.2, 0.25) is 0 Å². The van der Waals surface area contributed by atoms with Crippen LogP contribution < -0.4 is 5.73 Å². The molecule has 1 atom stereocenters. The molecule has 1 unspecified atom stereocenters. The van der Waals surface area contributed by atoms with Crippen molar-refractivity contribution >= 4 is 0 Å². The molecule has 1 saturated carbocycles. The first kappa shape index (κ1) is 12.6. The standard InChI is InChI=1S/C16H25N/c1-14(2,3)12-8-6-7-9-13(12)16(11-17)10-15(16,4)5/h6-9H,10-11,17H2,1-5H3. The molecule has 0 spiro atoms. The van der Waals surface area contributed by atoms with Crippen molar-refractivity contribution in [2.24, 2.45) is 11.1 Å². The maximum absolute atomic E-state index is 6.09. The Morgan fingerprint density at radius 3 is 2.12 bits per heavy atom. The Bertz CT molecular complexity index is 425. The summed E-state index contributed by atoms with van der Waals surface area (Å²) < 4.78 is 0. The molecular formula is C16H25N. The van der Waals surface area contributed by atoms with E-state index in [-0.39, 0.29) is 10.8 Å². The van der Waals surface area contributed by atoms with Crippen LogP contribution in [0.5, 0.6) is 0 Å². The Balaban J connectivity index is 2.54. The van der Waals surface area contributed by atoms with Gasteiger partial charge in [-0.1, -0.05) is 58.9 Å². The van der Waals surface area contributed by atoms with Gasteiger partial charge < -0.3 is 5.73 Å². The minimum Gasteiger partial charge on any atom is -0.330 e. The maximum atomic E-state index is 6.09. The molecule has 0 bridgehead atoms. The molecule has 0 heterocycles. The van der Waals surface area contributed by atoms with Crippen molar-refractivity contribution in [1.82, 2.24) is 0 Å². The smallest absolute Gasteiger partial charge is 0.0135 e. The molecule has 2 N–H and O–H groups in total. The fraction of sp³-hybridized carbons (Fsp3) is 0.625. The number of nitrogens with two attached hydrogens (primary N) is 1. The summed E-state index contributed by atoms with van der Waals surface area (Å²) >= 11 is 0. The molecule has 0 saturated heterocycles. The van der Waals surface area contributed by atoms with Crippen LogP contribution >= 0.6 is 0 Å². The van der Waals surface area contributed by atoms with Crippen molar-refractivity contribution in [2.45, 2.75) is 51.9 Å². The first-order valence-electron chi connectivity index (χ1n) is 6.55. The number of rotatable bonds is 2. The largest absolute Gasteiger partial charge is 0.330 e. The van der Waals surface area contributed by atoms with Crippen LogP contribution in [0.25, 0.3) is 0 Å². The van der Waals surface area contributed by atoms with Gasteiger partial charge in [-0.15, -0.1) is 0 Å². The lowest BCUT2D eigenvalue weighted by atomic mass is 9.76. The third kappa shape index (κ3) is 1.81. The molecule has 1 fully saturated rings. The molecule has 1 nitrogen and oxygen atoms in total. The van der Waals surface area contributed by atoms with Crippen molar-refractivity contribution in [1.29, 1.82) is 0 Å². The van der Waals surface area contributed by atoms with E-state index in [0.29, 0.717) is 5.41 Å². The zero-order valence-electron chi connectivity index (χ0n) is 11.8. The first-order valence-corrected chi connectivity index (χ1v) is 6.55. The monoisotopic (exact) mass is 231 g/mol. The molecule has 2 rings (SSSR count). The van der Waals surface area contributed by atoms with Crippen LogP contribution in [-0.4, -0.2) is 6.54 Å². The predicted molar refractivity (Wildman–Crippen MR) is 74.3 cm³/mol. The topological polar surface area (TPSA) is 26.0 Å². The lowest BCUT2D eigenvalue weighted by Crippen LogP contribution is -2.29. The number of benzene rings is 1. The van der Waals surface area contributed by atoms with Crippen LogP contribution in [-0.2, 0) is 10.8 Å². The summed E-state index contributed by atoms with van der Waals surface area (Å²) in [6.45, 7) is 12.3. The number of hydrogen-bond donors (Lipinski definition) is 1. The van der Waals surface area contributed by atoms with Gasteiger partial charge >= 0.3 is 0 Å². The Morgan fingerprint density at radius 1 is 1.18 bits per heavy atom. The third-order valence-corrected chi connectivity index (χ3v) is 4.51. The van der Waals surface area contributed by atoms with E-state index in [2.05, 4.69) is 58.9 Å². The van der Waals surface area contributed by atoms with Crippen LogP contribution in [0.4, 0.5) is 0 Å². The lowest BCUT2D eigenvalue weighted by molar-refractivity contribution is 0.485. The quantitative estimate of drug-likeness (QED) is 0.826. The van der Waals surface area contributed by atoms with Gasteiger partial charge in [0.2, 0.25) is 0 Å². The normalized spacial score (nSPS) is 26.9. The van der Waals surface area contributed by atoms with Gasteiger partial charge in [0.05, 0.1) is 0 Å². The molecule has 0 aliphatic heterocycles. The van der Waals surface area contributed by atoms with Gasteiger partial charge in [-0.3, -0.25) is 0 Å². The summed E-state index contributed by atoms with van der Waals surface area (Å²) in [6, 6.07) is 8.84. The summed E-state index contributed by atoms with van der Waals surface area (Å²) in [5.74, 6) is 0.